The van der Waals surface area contributed by atoms with Crippen molar-refractivity contribution in [3.8, 4) is 0 Å². The molecule has 1 aromatic heterocycles. The number of nitrogens with zero attached hydrogens (tertiary/aromatic N) is 2. The molecule has 4 heteroatoms. The topological polar surface area (TPSA) is 42.9 Å². The van der Waals surface area contributed by atoms with Gasteiger partial charge in [0.2, 0.25) is 0 Å². The second-order valence-corrected chi connectivity index (χ2v) is 9.03. The van der Waals surface area contributed by atoms with Crippen LogP contribution in [-0.4, -0.2) is 16.3 Å². The van der Waals surface area contributed by atoms with E-state index in [2.05, 4.69) is 4.98 Å². The number of fused-ring (bicyclic) bond motifs is 1. The smallest absolute Gasteiger partial charge is 0.151 e. The Balaban J connectivity index is 1.48. The predicted octanol–water partition coefficient (Wildman–Crippen LogP) is 4.86. The molecule has 6 rings (SSSR count). The van der Waals surface area contributed by atoms with Gasteiger partial charge in [-0.15, -0.1) is 0 Å². The fourth-order valence-corrected chi connectivity index (χ4v) is 6.60. The number of hydrogen-bond acceptors (Lipinski definition) is 3. The average molecular weight is 355 g/mol. The van der Waals surface area contributed by atoms with Crippen molar-refractivity contribution in [1.82, 2.24) is 9.97 Å². The third-order valence-corrected chi connectivity index (χ3v) is 7.35. The van der Waals surface area contributed by atoms with Crippen molar-refractivity contribution in [3.63, 3.8) is 0 Å². The lowest BCUT2D eigenvalue weighted by molar-refractivity contribution is -0.127. The second-order valence-electron chi connectivity index (χ2n) is 8.68. The van der Waals surface area contributed by atoms with Crippen molar-refractivity contribution in [1.29, 1.82) is 0 Å². The Morgan fingerprint density at radius 3 is 2.16 bits per heavy atom. The van der Waals surface area contributed by atoms with Crippen molar-refractivity contribution in [2.24, 2.45) is 29.1 Å². The first kappa shape index (κ1) is 15.7. The van der Waals surface area contributed by atoms with E-state index in [4.69, 9.17) is 16.6 Å². The number of carbonyl (C=O) groups excluding carboxylic acids is 1. The number of halogens is 1. The van der Waals surface area contributed by atoms with Crippen LogP contribution in [0.25, 0.3) is 11.0 Å². The Hall–Kier alpha value is -1.48. The van der Waals surface area contributed by atoms with Crippen molar-refractivity contribution in [2.75, 3.05) is 0 Å². The van der Waals surface area contributed by atoms with Gasteiger partial charge in [-0.2, -0.15) is 0 Å². The van der Waals surface area contributed by atoms with E-state index < -0.39 is 0 Å². The SMILES string of the molecule is O=CC(Cc1nc2ccccc2nc1Cl)C12CC3CC(CC(C3)C1)C2. The number of carbonyl (C=O) groups is 1. The first-order valence-corrected chi connectivity index (χ1v) is 9.89. The summed E-state index contributed by atoms with van der Waals surface area (Å²) in [6.07, 6.45) is 9.67. The summed E-state index contributed by atoms with van der Waals surface area (Å²) in [6, 6.07) is 7.79. The molecule has 1 heterocycles. The normalized spacial score (nSPS) is 34.4. The van der Waals surface area contributed by atoms with Crippen LogP contribution in [0, 0.1) is 29.1 Å². The summed E-state index contributed by atoms with van der Waals surface area (Å²) in [4.78, 5) is 21.3. The fourth-order valence-electron chi connectivity index (χ4n) is 6.39. The molecule has 4 bridgehead atoms. The Morgan fingerprint density at radius 2 is 1.60 bits per heavy atom. The predicted molar refractivity (Wildman–Crippen MR) is 98.4 cm³/mol. The zero-order chi connectivity index (χ0) is 17.0. The van der Waals surface area contributed by atoms with E-state index in [1.807, 2.05) is 24.3 Å². The maximum atomic E-state index is 12.1. The van der Waals surface area contributed by atoms with Crippen molar-refractivity contribution < 1.29 is 4.79 Å². The van der Waals surface area contributed by atoms with Crippen LogP contribution >= 0.6 is 11.6 Å². The largest absolute Gasteiger partial charge is 0.303 e. The van der Waals surface area contributed by atoms with Crippen LogP contribution in [0.5, 0.6) is 0 Å². The number of para-hydroxylation sites is 2. The molecule has 1 unspecified atom stereocenters. The lowest BCUT2D eigenvalue weighted by atomic mass is 9.46. The van der Waals surface area contributed by atoms with E-state index in [1.54, 1.807) is 0 Å². The van der Waals surface area contributed by atoms with E-state index in [0.717, 1.165) is 34.5 Å². The van der Waals surface area contributed by atoms with Crippen LogP contribution < -0.4 is 0 Å². The van der Waals surface area contributed by atoms with E-state index in [0.29, 0.717) is 11.6 Å². The quantitative estimate of drug-likeness (QED) is 0.736. The number of aromatic nitrogens is 2. The Morgan fingerprint density at radius 1 is 1.04 bits per heavy atom. The summed E-state index contributed by atoms with van der Waals surface area (Å²) < 4.78 is 0. The molecule has 1 atom stereocenters. The summed E-state index contributed by atoms with van der Waals surface area (Å²) >= 11 is 6.42. The molecule has 4 saturated carbocycles. The van der Waals surface area contributed by atoms with E-state index in [1.165, 1.54) is 44.8 Å². The molecule has 0 spiro atoms. The first-order valence-electron chi connectivity index (χ1n) is 9.52. The highest BCUT2D eigenvalue weighted by atomic mass is 35.5. The Labute approximate surface area is 153 Å². The molecule has 2 aromatic rings. The van der Waals surface area contributed by atoms with Gasteiger partial charge in [0.25, 0.3) is 0 Å². The first-order chi connectivity index (χ1) is 12.1. The van der Waals surface area contributed by atoms with E-state index >= 15 is 0 Å². The highest BCUT2D eigenvalue weighted by Gasteiger charge is 2.54. The third-order valence-electron chi connectivity index (χ3n) is 7.04. The highest BCUT2D eigenvalue weighted by Crippen LogP contribution is 2.62. The van der Waals surface area contributed by atoms with E-state index in [9.17, 15) is 4.79 Å². The van der Waals surface area contributed by atoms with Gasteiger partial charge in [0.15, 0.2) is 5.15 Å². The Kier molecular flexibility index (Phi) is 3.63. The highest BCUT2D eigenvalue weighted by molar-refractivity contribution is 6.30. The fraction of sp³-hybridized carbons (Fsp3) is 0.571. The van der Waals surface area contributed by atoms with Crippen LogP contribution in [0.4, 0.5) is 0 Å². The molecular weight excluding hydrogens is 332 g/mol. The monoisotopic (exact) mass is 354 g/mol. The van der Waals surface area contributed by atoms with Gasteiger partial charge in [-0.05, 0) is 73.8 Å². The lowest BCUT2D eigenvalue weighted by Crippen LogP contribution is -2.50. The van der Waals surface area contributed by atoms with Crippen LogP contribution in [0.15, 0.2) is 24.3 Å². The molecule has 4 fully saturated rings. The number of aldehydes is 1. The van der Waals surface area contributed by atoms with Crippen LogP contribution in [0.3, 0.4) is 0 Å². The summed E-state index contributed by atoms with van der Waals surface area (Å²) in [5.74, 6) is 2.54. The third kappa shape index (κ3) is 2.59. The van der Waals surface area contributed by atoms with Gasteiger partial charge in [-0.3, -0.25) is 0 Å². The molecule has 130 valence electrons. The van der Waals surface area contributed by atoms with Gasteiger partial charge in [-0.25, -0.2) is 9.97 Å². The minimum Gasteiger partial charge on any atom is -0.303 e. The van der Waals surface area contributed by atoms with Crippen LogP contribution in [-0.2, 0) is 11.2 Å². The van der Waals surface area contributed by atoms with Crippen LogP contribution in [0.1, 0.15) is 44.2 Å². The number of benzene rings is 1. The molecule has 25 heavy (non-hydrogen) atoms. The summed E-state index contributed by atoms with van der Waals surface area (Å²) in [5.41, 5.74) is 2.65. The van der Waals surface area contributed by atoms with Crippen molar-refractivity contribution >= 4 is 28.9 Å². The van der Waals surface area contributed by atoms with Gasteiger partial charge in [-0.1, -0.05) is 23.7 Å². The molecule has 0 aliphatic heterocycles. The van der Waals surface area contributed by atoms with Gasteiger partial charge in [0.1, 0.15) is 6.29 Å². The average Bonchev–Trinajstić information content (AvgIpc) is 2.58. The standard InChI is InChI=1S/C21H23ClN2O/c22-20-19(23-17-3-1-2-4-18(17)24-20)8-16(12-25)21-9-13-5-14(10-21)7-15(6-13)11-21/h1-4,12-16H,5-11H2. The maximum absolute atomic E-state index is 12.1. The Bertz CT molecular complexity index is 798. The summed E-state index contributed by atoms with van der Waals surface area (Å²) in [5, 5.41) is 0.454. The van der Waals surface area contributed by atoms with Crippen molar-refractivity contribution in [3.05, 3.63) is 35.1 Å². The van der Waals surface area contributed by atoms with Gasteiger partial charge >= 0.3 is 0 Å². The zero-order valence-corrected chi connectivity index (χ0v) is 15.1. The molecule has 3 nitrogen and oxygen atoms in total. The molecule has 0 N–H and O–H groups in total. The molecule has 4 aliphatic rings. The zero-order valence-electron chi connectivity index (χ0n) is 14.3. The molecular formula is C21H23ClN2O. The van der Waals surface area contributed by atoms with Gasteiger partial charge in [0.05, 0.1) is 16.7 Å². The van der Waals surface area contributed by atoms with Gasteiger partial charge in [0, 0.05) is 12.3 Å². The summed E-state index contributed by atoms with van der Waals surface area (Å²) in [7, 11) is 0. The molecule has 4 aliphatic carbocycles. The maximum Gasteiger partial charge on any atom is 0.151 e. The minimum absolute atomic E-state index is 0.0221. The minimum atomic E-state index is 0.0221. The summed E-state index contributed by atoms with van der Waals surface area (Å²) in [6.45, 7) is 0. The number of rotatable bonds is 4. The van der Waals surface area contributed by atoms with E-state index in [-0.39, 0.29) is 11.3 Å². The molecule has 0 saturated heterocycles. The second kappa shape index (κ2) is 5.77. The molecule has 1 aromatic carbocycles. The van der Waals surface area contributed by atoms with Gasteiger partial charge < -0.3 is 4.79 Å². The van der Waals surface area contributed by atoms with Crippen molar-refractivity contribution in [2.45, 2.75) is 44.9 Å². The lowest BCUT2D eigenvalue weighted by Gasteiger charge is -2.58. The number of hydrogen-bond donors (Lipinski definition) is 0. The molecule has 0 radical (unpaired) electrons. The van der Waals surface area contributed by atoms with Crippen LogP contribution in [0.2, 0.25) is 5.15 Å². The molecule has 0 amide bonds.